The standard InChI is InChI=1S/C17H11Cl2F3O5.C10H12N2O3S.C3H8NO5P/c1-8(15(23)24)26-16(25)11-7-10(3-4-12(11)18)27-14-5-2-9(6-13(14)19)17(20,21)22;1-7(2)12-10(13)8-5-3-4-6-9(8)11-16(12,14)15;5-3(6)1-4-2-10(7,8)9/h2-8H,1H3,(H,23,24);3-7,11H,1-2H3;4H,1-2H2,(H,5,6)(H2,7,8,9)/t8-;;/m0../s1. The van der Waals surface area contributed by atoms with Gasteiger partial charge in [0, 0.05) is 6.04 Å². The molecule has 0 aromatic heterocycles. The van der Waals surface area contributed by atoms with Crippen molar-refractivity contribution in [3.8, 4) is 11.5 Å². The van der Waals surface area contributed by atoms with Crippen molar-refractivity contribution in [2.24, 2.45) is 0 Å². The first-order valence-electron chi connectivity index (χ1n) is 14.5. The van der Waals surface area contributed by atoms with Crippen LogP contribution < -0.4 is 14.8 Å². The summed E-state index contributed by atoms with van der Waals surface area (Å²) in [5.74, 6) is -4.01. The second kappa shape index (κ2) is 18.6. The van der Waals surface area contributed by atoms with E-state index >= 15 is 0 Å². The maximum absolute atomic E-state index is 12.7. The first kappa shape index (κ1) is 44.7. The number of nitrogens with one attached hydrogen (secondary N) is 2. The van der Waals surface area contributed by atoms with Crippen LogP contribution in [0.15, 0.2) is 60.7 Å². The fourth-order valence-corrected chi connectivity index (χ4v) is 6.12. The van der Waals surface area contributed by atoms with Gasteiger partial charge in [-0.15, -0.1) is 0 Å². The summed E-state index contributed by atoms with van der Waals surface area (Å²) in [4.78, 5) is 60.9. The molecule has 6 N–H and O–H groups in total. The minimum atomic E-state index is -4.56. The number of aliphatic carboxylic acids is 2. The van der Waals surface area contributed by atoms with Gasteiger partial charge in [-0.1, -0.05) is 35.3 Å². The van der Waals surface area contributed by atoms with Crippen molar-refractivity contribution < 1.29 is 74.8 Å². The van der Waals surface area contributed by atoms with Gasteiger partial charge in [0.15, 0.2) is 6.10 Å². The fourth-order valence-electron chi connectivity index (χ4n) is 3.88. The van der Waals surface area contributed by atoms with Crippen LogP contribution in [0.4, 0.5) is 18.9 Å². The van der Waals surface area contributed by atoms with Gasteiger partial charge in [-0.25, -0.2) is 13.9 Å². The number of benzene rings is 3. The summed E-state index contributed by atoms with van der Waals surface area (Å²) in [6, 6.07) is 12.5. The molecular formula is C30H31Cl2F3N3O13PS. The van der Waals surface area contributed by atoms with Crippen LogP contribution in [0.1, 0.15) is 47.1 Å². The summed E-state index contributed by atoms with van der Waals surface area (Å²) in [5.41, 5.74) is -0.399. The Bertz CT molecular complexity index is 2000. The van der Waals surface area contributed by atoms with E-state index < -0.39 is 78.3 Å². The molecule has 1 heterocycles. The Balaban J connectivity index is 0.000000314. The van der Waals surface area contributed by atoms with Crippen LogP contribution in [0.5, 0.6) is 11.5 Å². The second-order valence-corrected chi connectivity index (χ2v) is 14.8. The highest BCUT2D eigenvalue weighted by molar-refractivity contribution is 7.91. The van der Waals surface area contributed by atoms with Crippen LogP contribution >= 0.6 is 30.8 Å². The highest BCUT2D eigenvalue weighted by atomic mass is 35.5. The van der Waals surface area contributed by atoms with Gasteiger partial charge in [0.1, 0.15) is 11.5 Å². The Kier molecular flexibility index (Phi) is 15.7. The van der Waals surface area contributed by atoms with Crippen molar-refractivity contribution >= 4 is 70.5 Å². The lowest BCUT2D eigenvalue weighted by Gasteiger charge is -2.31. The zero-order chi connectivity index (χ0) is 40.5. The molecule has 16 nitrogen and oxygen atoms in total. The summed E-state index contributed by atoms with van der Waals surface area (Å²) >= 11 is 11.7. The molecule has 1 amide bonds. The number of fused-ring (bicyclic) bond motifs is 1. The molecule has 0 spiro atoms. The molecule has 0 saturated carbocycles. The molecule has 3 aromatic carbocycles. The average Bonchev–Trinajstić information content (AvgIpc) is 3.01. The van der Waals surface area contributed by atoms with E-state index in [1.807, 2.05) is 0 Å². The number of nitrogens with zero attached hydrogens (tertiary/aromatic N) is 1. The first-order valence-corrected chi connectivity index (χ1v) is 18.5. The number of ether oxygens (including phenoxy) is 2. The maximum atomic E-state index is 12.7. The minimum Gasteiger partial charge on any atom is -0.480 e. The average molecular weight is 833 g/mol. The van der Waals surface area contributed by atoms with Crippen LogP contribution in [0.3, 0.4) is 0 Å². The number of para-hydroxylation sites is 1. The number of rotatable bonds is 10. The number of alkyl halides is 3. The van der Waals surface area contributed by atoms with Gasteiger partial charge in [0.05, 0.1) is 45.3 Å². The maximum Gasteiger partial charge on any atom is 0.416 e. The van der Waals surface area contributed by atoms with Crippen molar-refractivity contribution in [3.05, 3.63) is 87.4 Å². The van der Waals surface area contributed by atoms with Crippen LogP contribution in [0, 0.1) is 0 Å². The number of halogens is 5. The molecule has 23 heteroatoms. The van der Waals surface area contributed by atoms with Gasteiger partial charge in [-0.05, 0) is 69.3 Å². The molecule has 0 saturated heterocycles. The molecule has 1 aliphatic rings. The Hall–Kier alpha value is -4.43. The predicted molar refractivity (Wildman–Crippen MR) is 183 cm³/mol. The number of hydrogen-bond donors (Lipinski definition) is 6. The molecule has 0 bridgehead atoms. The Morgan fingerprint density at radius 2 is 1.60 bits per heavy atom. The van der Waals surface area contributed by atoms with Gasteiger partial charge in [0.25, 0.3) is 5.91 Å². The van der Waals surface area contributed by atoms with Crippen molar-refractivity contribution in [2.75, 3.05) is 17.6 Å². The van der Waals surface area contributed by atoms with E-state index in [1.165, 1.54) is 12.1 Å². The number of hydrogen-bond acceptors (Lipinski definition) is 10. The molecule has 53 heavy (non-hydrogen) atoms. The van der Waals surface area contributed by atoms with Crippen LogP contribution in [-0.4, -0.2) is 81.5 Å². The van der Waals surface area contributed by atoms with Crippen molar-refractivity contribution in [2.45, 2.75) is 39.1 Å². The smallest absolute Gasteiger partial charge is 0.416 e. The third-order valence-corrected chi connectivity index (χ3v) is 9.04. The predicted octanol–water partition coefficient (Wildman–Crippen LogP) is 5.44. The largest absolute Gasteiger partial charge is 0.480 e. The topological polar surface area (TPSA) is 246 Å². The van der Waals surface area contributed by atoms with Crippen molar-refractivity contribution in [1.29, 1.82) is 0 Å². The molecule has 290 valence electrons. The summed E-state index contributed by atoms with van der Waals surface area (Å²) < 4.78 is 85.0. The molecule has 0 fully saturated rings. The number of carboxylic acids is 2. The third-order valence-electron chi connectivity index (χ3n) is 6.19. The third kappa shape index (κ3) is 13.8. The number of esters is 1. The number of anilines is 1. The van der Waals surface area contributed by atoms with Crippen LogP contribution in [0.25, 0.3) is 0 Å². The molecule has 0 unspecified atom stereocenters. The molecule has 0 radical (unpaired) electrons. The number of carbonyl (C=O) groups excluding carboxylic acids is 2. The van der Waals surface area contributed by atoms with E-state index in [4.69, 9.17) is 52.7 Å². The van der Waals surface area contributed by atoms with Gasteiger partial charge in [0.2, 0.25) is 0 Å². The number of carbonyl (C=O) groups is 4. The van der Waals surface area contributed by atoms with E-state index in [-0.39, 0.29) is 27.1 Å². The first-order chi connectivity index (χ1) is 24.3. The SMILES string of the molecule is CC(C)N1C(=O)c2ccccc2NS1(=O)=O.C[C@H](OC(=O)c1cc(Oc2ccc(C(F)(F)F)cc2Cl)ccc1Cl)C(=O)O.O=C(O)CNCP(=O)(O)O. The van der Waals surface area contributed by atoms with E-state index in [9.17, 15) is 45.3 Å². The second-order valence-electron chi connectivity index (χ2n) is 10.8. The molecule has 1 atom stereocenters. The Morgan fingerprint density at radius 3 is 2.13 bits per heavy atom. The number of carboxylic acid groups (broad SMARTS) is 2. The highest BCUT2D eigenvalue weighted by Crippen LogP contribution is 2.37. The Morgan fingerprint density at radius 1 is 0.981 bits per heavy atom. The van der Waals surface area contributed by atoms with Crippen molar-refractivity contribution in [1.82, 2.24) is 9.62 Å². The van der Waals surface area contributed by atoms with E-state index in [0.717, 1.165) is 29.4 Å². The van der Waals surface area contributed by atoms with E-state index in [0.29, 0.717) is 17.3 Å². The van der Waals surface area contributed by atoms with Crippen LogP contribution in [-0.2, 0) is 35.3 Å². The van der Waals surface area contributed by atoms with Crippen molar-refractivity contribution in [3.63, 3.8) is 0 Å². The summed E-state index contributed by atoms with van der Waals surface area (Å²) in [7, 11) is -7.85. The summed E-state index contributed by atoms with van der Waals surface area (Å²) in [6.07, 6.45) is -6.55. The monoisotopic (exact) mass is 831 g/mol. The van der Waals surface area contributed by atoms with Crippen LogP contribution in [0.2, 0.25) is 10.0 Å². The lowest BCUT2D eigenvalue weighted by molar-refractivity contribution is -0.146. The van der Waals surface area contributed by atoms with Gasteiger partial charge in [-0.2, -0.15) is 21.6 Å². The lowest BCUT2D eigenvalue weighted by Crippen LogP contribution is -2.48. The quantitative estimate of drug-likeness (QED) is 0.110. The highest BCUT2D eigenvalue weighted by Gasteiger charge is 2.37. The summed E-state index contributed by atoms with van der Waals surface area (Å²) in [5, 5.41) is 18.5. The van der Waals surface area contributed by atoms with Gasteiger partial charge in [-0.3, -0.25) is 24.2 Å². The minimum absolute atomic E-state index is 0.0246. The normalized spacial score (nSPS) is 13.9. The summed E-state index contributed by atoms with van der Waals surface area (Å²) in [6.45, 7) is 4.04. The molecule has 0 aliphatic carbocycles. The molecule has 1 aliphatic heterocycles. The molecule has 3 aromatic rings. The zero-order valence-corrected chi connectivity index (χ0v) is 30.7. The van der Waals surface area contributed by atoms with E-state index in [1.54, 1.807) is 38.1 Å². The lowest BCUT2D eigenvalue weighted by atomic mass is 10.1. The van der Waals surface area contributed by atoms with E-state index in [2.05, 4.69) is 10.0 Å². The van der Waals surface area contributed by atoms with Gasteiger partial charge < -0.3 is 29.5 Å². The fraction of sp³-hybridized carbons (Fsp3) is 0.267. The van der Waals surface area contributed by atoms with Gasteiger partial charge >= 0.3 is 41.9 Å². The number of amides is 1. The molecule has 4 rings (SSSR count). The zero-order valence-electron chi connectivity index (χ0n) is 27.5. The Labute approximate surface area is 309 Å². The molecular weight excluding hydrogens is 801 g/mol.